The van der Waals surface area contributed by atoms with Gasteiger partial charge >= 0.3 is 11.9 Å². The molecule has 33 atom stereocenters. The molecule has 4 saturated carbocycles. The van der Waals surface area contributed by atoms with E-state index in [2.05, 4.69) is 40.7 Å². The smallest absolute Gasteiger partial charge is 0.318 e. The molecule has 0 spiro atoms. The van der Waals surface area contributed by atoms with Gasteiger partial charge in [-0.3, -0.25) is 9.59 Å². The Morgan fingerprint density at radius 1 is 0.534 bits per heavy atom. The van der Waals surface area contributed by atoms with Crippen molar-refractivity contribution < 1.29 is 133 Å². The first-order chi connectivity index (χ1) is 41.2. The summed E-state index contributed by atoms with van der Waals surface area (Å²) < 4.78 is 65.1. The number of fused-ring (bicyclic) bond motifs is 7. The second kappa shape index (κ2) is 25.5. The molecular weight excluding hydrogens is 1160 g/mol. The Labute approximate surface area is 512 Å². The van der Waals surface area contributed by atoms with E-state index in [1.54, 1.807) is 0 Å². The first kappa shape index (κ1) is 68.6. The van der Waals surface area contributed by atoms with E-state index in [4.69, 9.17) is 52.1 Å². The molecule has 0 bridgehead atoms. The number of ether oxygens (including phenoxy) is 11. The molecule has 10 rings (SSSR count). The monoisotopic (exact) mass is 1260 g/mol. The lowest BCUT2D eigenvalue weighted by molar-refractivity contribution is -0.366. The number of carbonyl (C=O) groups is 2. The largest absolute Gasteiger partial charge is 0.463 e. The van der Waals surface area contributed by atoms with Gasteiger partial charge < -0.3 is 124 Å². The van der Waals surface area contributed by atoms with E-state index in [0.717, 1.165) is 38.2 Å². The first-order valence-electron chi connectivity index (χ1n) is 31.5. The van der Waals surface area contributed by atoms with Gasteiger partial charge in [-0.2, -0.15) is 0 Å². The van der Waals surface area contributed by atoms with Gasteiger partial charge in [0, 0.05) is 12.3 Å². The van der Waals surface area contributed by atoms with Crippen molar-refractivity contribution in [2.75, 3.05) is 26.4 Å². The maximum atomic E-state index is 15.3. The van der Waals surface area contributed by atoms with Crippen LogP contribution in [0.3, 0.4) is 0 Å². The highest BCUT2D eigenvalue weighted by molar-refractivity contribution is 5.82. The number of aliphatic hydroxyl groups is 14. The number of esters is 2. The van der Waals surface area contributed by atoms with E-state index in [0.29, 0.717) is 38.5 Å². The molecule has 504 valence electrons. The summed E-state index contributed by atoms with van der Waals surface area (Å²) in [5.41, 5.74) is -2.28. The summed E-state index contributed by atoms with van der Waals surface area (Å²) >= 11 is 0. The third kappa shape index (κ3) is 11.8. The maximum absolute atomic E-state index is 15.3. The minimum atomic E-state index is -1.93. The summed E-state index contributed by atoms with van der Waals surface area (Å²) in [5, 5.41) is 153. The highest BCUT2D eigenvalue weighted by atomic mass is 16.8. The highest BCUT2D eigenvalue weighted by Gasteiger charge is 2.71. The van der Waals surface area contributed by atoms with Gasteiger partial charge in [0.25, 0.3) is 0 Å². The Morgan fingerprint density at radius 2 is 1.11 bits per heavy atom. The lowest BCUT2D eigenvalue weighted by atomic mass is 9.32. The number of rotatable bonds is 14. The fraction of sp³-hybridized carbons (Fsp3) is 0.934. The standard InChI is InChI=1S/C61H98O27/c1-25-36(65)40(69)44(73)51(81-25)86-48-32(23-78-27(3)63)84-50(47(76)43(48)72)80-22-31-39(68)42(71)46(75)53(83-31)88-55(77)61-18-16-56(4,5)20-29(61)28-10-11-34-57(6)14-13-35(58(7,24-62)33(57)12-15-60(34,9)59(28,8)17-19-61)85-54-49(38(67)30(64)21-79-54)87-52-45(74)41(70)37(66)26(2)82-52/h20,25-26,28,30-54,62,64-76H,10-19,21-24H2,1-9H3. The van der Waals surface area contributed by atoms with E-state index in [1.165, 1.54) is 13.8 Å². The van der Waals surface area contributed by atoms with Gasteiger partial charge in [0.15, 0.2) is 25.2 Å². The second-order valence-corrected chi connectivity index (χ2v) is 29.0. The van der Waals surface area contributed by atoms with E-state index in [9.17, 15) is 76.3 Å². The third-order valence-corrected chi connectivity index (χ3v) is 23.4. The van der Waals surface area contributed by atoms with Crippen molar-refractivity contribution in [1.82, 2.24) is 0 Å². The molecule has 5 heterocycles. The molecule has 88 heavy (non-hydrogen) atoms. The summed E-state index contributed by atoms with van der Waals surface area (Å²) in [6.07, 6.45) is -30.1. The molecule has 27 heteroatoms. The fourth-order valence-electron chi connectivity index (χ4n) is 17.8. The van der Waals surface area contributed by atoms with E-state index >= 15 is 4.79 Å². The predicted molar refractivity (Wildman–Crippen MR) is 298 cm³/mol. The average molecular weight is 1260 g/mol. The first-order valence-corrected chi connectivity index (χ1v) is 31.5. The van der Waals surface area contributed by atoms with Gasteiger partial charge in [-0.05, 0) is 117 Å². The van der Waals surface area contributed by atoms with Crippen molar-refractivity contribution >= 4 is 11.9 Å². The van der Waals surface area contributed by atoms with Crippen molar-refractivity contribution in [2.24, 2.45) is 50.2 Å². The van der Waals surface area contributed by atoms with Gasteiger partial charge in [0.05, 0.1) is 43.5 Å². The molecule has 0 aromatic rings. The van der Waals surface area contributed by atoms with E-state index < -0.39 is 190 Å². The van der Waals surface area contributed by atoms with Crippen LogP contribution in [0.2, 0.25) is 0 Å². The van der Waals surface area contributed by atoms with E-state index in [1.807, 2.05) is 6.92 Å². The van der Waals surface area contributed by atoms with Crippen LogP contribution in [0, 0.1) is 50.2 Å². The van der Waals surface area contributed by atoms with Gasteiger partial charge in [0.1, 0.15) is 110 Å². The molecule has 10 aliphatic rings. The topological polar surface area (TPSA) is 419 Å². The number of aliphatic hydroxyl groups excluding tert-OH is 14. The normalized spacial score (nSPS) is 53.7. The molecule has 0 radical (unpaired) electrons. The summed E-state index contributed by atoms with van der Waals surface area (Å²) in [5.74, 6) is -1.39. The Balaban J connectivity index is 0.827. The zero-order valence-corrected chi connectivity index (χ0v) is 51.7. The summed E-state index contributed by atoms with van der Waals surface area (Å²) in [7, 11) is 0. The van der Waals surface area contributed by atoms with Gasteiger partial charge in [-0.1, -0.05) is 53.2 Å². The highest BCUT2D eigenvalue weighted by Crippen LogP contribution is 2.77. The summed E-state index contributed by atoms with van der Waals surface area (Å²) in [4.78, 5) is 27.2. The second-order valence-electron chi connectivity index (χ2n) is 29.0. The third-order valence-electron chi connectivity index (χ3n) is 23.4. The van der Waals surface area contributed by atoms with Gasteiger partial charge in [-0.15, -0.1) is 0 Å². The van der Waals surface area contributed by atoms with Gasteiger partial charge in [0.2, 0.25) is 6.29 Å². The van der Waals surface area contributed by atoms with Crippen LogP contribution in [0.5, 0.6) is 0 Å². The number of carbonyl (C=O) groups excluding carboxylic acids is 2. The average Bonchev–Trinajstić information content (AvgIpc) is 0.688. The van der Waals surface area contributed by atoms with E-state index in [-0.39, 0.29) is 52.6 Å². The maximum Gasteiger partial charge on any atom is 0.318 e. The van der Waals surface area contributed by atoms with Crippen LogP contribution in [0.1, 0.15) is 127 Å². The molecule has 27 nitrogen and oxygen atoms in total. The molecule has 0 aromatic heterocycles. The van der Waals surface area contributed by atoms with Crippen LogP contribution >= 0.6 is 0 Å². The van der Waals surface area contributed by atoms with Gasteiger partial charge in [-0.25, -0.2) is 0 Å². The number of hydrogen-bond acceptors (Lipinski definition) is 27. The Morgan fingerprint density at radius 3 is 1.74 bits per heavy atom. The van der Waals surface area contributed by atoms with Crippen LogP contribution in [0.4, 0.5) is 0 Å². The zero-order chi connectivity index (χ0) is 64.3. The minimum absolute atomic E-state index is 0.0599. The van der Waals surface area contributed by atoms with Crippen LogP contribution in [0.25, 0.3) is 0 Å². The summed E-state index contributed by atoms with van der Waals surface area (Å²) in [6, 6.07) is 0. The number of allylic oxidation sites excluding steroid dienone is 1. The molecule has 0 aromatic carbocycles. The molecule has 5 saturated heterocycles. The van der Waals surface area contributed by atoms with Crippen molar-refractivity contribution in [3.8, 4) is 0 Å². The summed E-state index contributed by atoms with van der Waals surface area (Å²) in [6.45, 7) is 15.6. The SMILES string of the molecule is CC(=O)OCC1OC(OCC2OC(OC(=O)C34CCC(C)(C)C=C3C3CCC5C6(C)CCC(OC7OCC(O)C(O)C7OC7OC(C)C(O)C(O)C7O)C(C)(CO)C6CCC5(C)C3(C)CC4)C(O)C(O)C2O)C(O)C(O)C1OC1OC(C)C(O)C(O)C1O. The lowest BCUT2D eigenvalue weighted by Crippen LogP contribution is -2.68. The Hall–Kier alpha value is -2.24. The quantitative estimate of drug-likeness (QED) is 0.0509. The molecule has 33 unspecified atom stereocenters. The van der Waals surface area contributed by atoms with Crippen molar-refractivity contribution in [3.05, 3.63) is 11.6 Å². The molecule has 14 N–H and O–H groups in total. The Bertz CT molecular complexity index is 2490. The zero-order valence-electron chi connectivity index (χ0n) is 51.7. The van der Waals surface area contributed by atoms with Crippen LogP contribution in [0.15, 0.2) is 11.6 Å². The van der Waals surface area contributed by atoms with Crippen LogP contribution in [-0.4, -0.2) is 263 Å². The molecule has 0 amide bonds. The molecule has 9 fully saturated rings. The Kier molecular flexibility index (Phi) is 19.9. The van der Waals surface area contributed by atoms with Crippen LogP contribution < -0.4 is 0 Å². The minimum Gasteiger partial charge on any atom is -0.463 e. The van der Waals surface area contributed by atoms with Crippen LogP contribution in [-0.2, 0) is 61.7 Å². The molecular formula is C61H98O27. The van der Waals surface area contributed by atoms with Crippen molar-refractivity contribution in [2.45, 2.75) is 280 Å². The fourth-order valence-corrected chi connectivity index (χ4v) is 17.8. The van der Waals surface area contributed by atoms with Crippen molar-refractivity contribution in [1.29, 1.82) is 0 Å². The predicted octanol–water partition coefficient (Wildman–Crippen LogP) is -1.97. The number of hydrogen-bond donors (Lipinski definition) is 14. The molecule has 5 aliphatic heterocycles. The molecule has 5 aliphatic carbocycles. The van der Waals surface area contributed by atoms with Crippen molar-refractivity contribution in [3.63, 3.8) is 0 Å². The lowest BCUT2D eigenvalue weighted by Gasteiger charge is -2.72.